The molecule has 2 N–H and O–H groups in total. The molecule has 25 heavy (non-hydrogen) atoms. The van der Waals surface area contributed by atoms with Crippen molar-refractivity contribution in [2.45, 2.75) is 25.7 Å². The highest BCUT2D eigenvalue weighted by Crippen LogP contribution is 2.39. The van der Waals surface area contributed by atoms with E-state index in [0.717, 1.165) is 55.6 Å². The van der Waals surface area contributed by atoms with Gasteiger partial charge in [0.25, 0.3) is 0 Å². The van der Waals surface area contributed by atoms with Crippen LogP contribution in [0.1, 0.15) is 25.8 Å². The Morgan fingerprint density at radius 3 is 2.52 bits per heavy atom. The van der Waals surface area contributed by atoms with Crippen molar-refractivity contribution in [1.82, 2.24) is 4.90 Å². The number of hydrogen-bond acceptors (Lipinski definition) is 3. The van der Waals surface area contributed by atoms with Crippen LogP contribution in [0.5, 0.6) is 0 Å². The minimum absolute atomic E-state index is 0.122. The van der Waals surface area contributed by atoms with Crippen molar-refractivity contribution in [2.75, 3.05) is 32.8 Å². The number of hydrogen-bond donors (Lipinski definition) is 1. The Balaban J connectivity index is 2.02. The molecule has 1 aliphatic rings. The van der Waals surface area contributed by atoms with Crippen molar-refractivity contribution in [3.05, 3.63) is 48.0 Å². The Hall–Kier alpha value is -1.91. The van der Waals surface area contributed by atoms with Gasteiger partial charge in [0.05, 0.1) is 18.6 Å². The fourth-order valence-electron chi connectivity index (χ4n) is 4.05. The number of carbonyl (C=O) groups excluding carboxylic acids is 1. The van der Waals surface area contributed by atoms with Gasteiger partial charge >= 0.3 is 0 Å². The quantitative estimate of drug-likeness (QED) is 0.880. The van der Waals surface area contributed by atoms with Gasteiger partial charge in [-0.2, -0.15) is 0 Å². The Kier molecular flexibility index (Phi) is 5.40. The van der Waals surface area contributed by atoms with E-state index in [-0.39, 0.29) is 11.8 Å². The first kappa shape index (κ1) is 17.9. The van der Waals surface area contributed by atoms with Crippen LogP contribution in [0.2, 0.25) is 0 Å². The summed E-state index contributed by atoms with van der Waals surface area (Å²) in [5, 5.41) is 2.28. The molecule has 0 aliphatic carbocycles. The molecule has 1 saturated heterocycles. The molecule has 4 heteroatoms. The normalized spacial score (nSPS) is 18.4. The zero-order valence-corrected chi connectivity index (χ0v) is 15.2. The van der Waals surface area contributed by atoms with Crippen LogP contribution >= 0.6 is 0 Å². The maximum absolute atomic E-state index is 12.8. The van der Waals surface area contributed by atoms with E-state index in [0.29, 0.717) is 0 Å². The van der Waals surface area contributed by atoms with E-state index in [2.05, 4.69) is 43.0 Å². The van der Waals surface area contributed by atoms with Crippen LogP contribution in [-0.2, 0) is 14.9 Å². The Bertz CT molecular complexity index is 732. The van der Waals surface area contributed by atoms with Crippen LogP contribution in [0.15, 0.2) is 42.5 Å². The SMILES string of the molecule is CC(C)C(CCN1CCOCC1)(C(N)=O)c1cccc2ccccc12. The zero-order valence-electron chi connectivity index (χ0n) is 15.2. The molecule has 0 spiro atoms. The van der Waals surface area contributed by atoms with Crippen LogP contribution in [0, 0.1) is 5.92 Å². The number of benzene rings is 2. The minimum atomic E-state index is -0.667. The third kappa shape index (κ3) is 3.42. The van der Waals surface area contributed by atoms with Crippen molar-refractivity contribution < 1.29 is 9.53 Å². The van der Waals surface area contributed by atoms with Crippen LogP contribution in [0.25, 0.3) is 10.8 Å². The average Bonchev–Trinajstić information content (AvgIpc) is 2.62. The van der Waals surface area contributed by atoms with Gasteiger partial charge in [-0.15, -0.1) is 0 Å². The number of rotatable bonds is 6. The highest BCUT2D eigenvalue weighted by Gasteiger charge is 2.42. The molecule has 1 aliphatic heterocycles. The molecule has 0 bridgehead atoms. The third-order valence-electron chi connectivity index (χ3n) is 5.62. The lowest BCUT2D eigenvalue weighted by Crippen LogP contribution is -2.49. The van der Waals surface area contributed by atoms with Gasteiger partial charge in [0.2, 0.25) is 5.91 Å². The van der Waals surface area contributed by atoms with E-state index in [1.807, 2.05) is 18.2 Å². The summed E-state index contributed by atoms with van der Waals surface area (Å²) in [6, 6.07) is 14.4. The molecule has 134 valence electrons. The summed E-state index contributed by atoms with van der Waals surface area (Å²) in [5.41, 5.74) is 6.42. The molecule has 1 heterocycles. The number of primary amides is 1. The monoisotopic (exact) mass is 340 g/mol. The number of amides is 1. The average molecular weight is 340 g/mol. The van der Waals surface area contributed by atoms with Gasteiger partial charge in [0.1, 0.15) is 0 Å². The van der Waals surface area contributed by atoms with Crippen molar-refractivity contribution in [3.8, 4) is 0 Å². The highest BCUT2D eigenvalue weighted by molar-refractivity contribution is 5.95. The third-order valence-corrected chi connectivity index (χ3v) is 5.62. The summed E-state index contributed by atoms with van der Waals surface area (Å²) in [4.78, 5) is 15.1. The molecule has 1 amide bonds. The van der Waals surface area contributed by atoms with Gasteiger partial charge < -0.3 is 10.5 Å². The lowest BCUT2D eigenvalue weighted by molar-refractivity contribution is -0.125. The molecule has 1 fully saturated rings. The number of fused-ring (bicyclic) bond motifs is 1. The van der Waals surface area contributed by atoms with Gasteiger partial charge in [-0.3, -0.25) is 9.69 Å². The highest BCUT2D eigenvalue weighted by atomic mass is 16.5. The summed E-state index contributed by atoms with van der Waals surface area (Å²) in [5.74, 6) is -0.107. The number of nitrogens with two attached hydrogens (primary N) is 1. The second-order valence-corrected chi connectivity index (χ2v) is 7.22. The predicted octanol–water partition coefficient (Wildman–Crippen LogP) is 2.94. The second-order valence-electron chi connectivity index (χ2n) is 7.22. The molecule has 0 saturated carbocycles. The van der Waals surface area contributed by atoms with Gasteiger partial charge in [-0.25, -0.2) is 0 Å². The van der Waals surface area contributed by atoms with Gasteiger partial charge in [-0.05, 0) is 35.2 Å². The van der Waals surface area contributed by atoms with E-state index >= 15 is 0 Å². The molecule has 3 rings (SSSR count). The number of carbonyl (C=O) groups is 1. The van der Waals surface area contributed by atoms with Gasteiger partial charge in [0.15, 0.2) is 0 Å². The van der Waals surface area contributed by atoms with Gasteiger partial charge in [-0.1, -0.05) is 56.3 Å². The first-order valence-corrected chi connectivity index (χ1v) is 9.14. The molecule has 1 unspecified atom stereocenters. The number of nitrogens with zero attached hydrogens (tertiary/aromatic N) is 1. The van der Waals surface area contributed by atoms with E-state index in [1.54, 1.807) is 0 Å². The second kappa shape index (κ2) is 7.54. The van der Waals surface area contributed by atoms with Gasteiger partial charge in [0, 0.05) is 13.1 Å². The predicted molar refractivity (Wildman–Crippen MR) is 102 cm³/mol. The van der Waals surface area contributed by atoms with E-state index < -0.39 is 5.41 Å². The van der Waals surface area contributed by atoms with Crippen molar-refractivity contribution in [1.29, 1.82) is 0 Å². The van der Waals surface area contributed by atoms with Crippen LogP contribution in [-0.4, -0.2) is 43.7 Å². The number of ether oxygens (including phenoxy) is 1. The summed E-state index contributed by atoms with van der Waals surface area (Å²) in [6.45, 7) is 8.43. The van der Waals surface area contributed by atoms with Crippen molar-refractivity contribution >= 4 is 16.7 Å². The Labute approximate surface area is 149 Å². The van der Waals surface area contributed by atoms with E-state index in [4.69, 9.17) is 10.5 Å². The minimum Gasteiger partial charge on any atom is -0.379 e. The molecule has 0 radical (unpaired) electrons. The molecule has 4 nitrogen and oxygen atoms in total. The van der Waals surface area contributed by atoms with E-state index in [1.165, 1.54) is 0 Å². The van der Waals surface area contributed by atoms with Crippen LogP contribution in [0.3, 0.4) is 0 Å². The van der Waals surface area contributed by atoms with Crippen molar-refractivity contribution in [3.63, 3.8) is 0 Å². The molecule has 0 aromatic heterocycles. The lowest BCUT2D eigenvalue weighted by atomic mass is 9.67. The summed E-state index contributed by atoms with van der Waals surface area (Å²) in [7, 11) is 0. The van der Waals surface area contributed by atoms with Crippen LogP contribution < -0.4 is 5.73 Å². The van der Waals surface area contributed by atoms with E-state index in [9.17, 15) is 4.79 Å². The number of morpholine rings is 1. The maximum atomic E-state index is 12.8. The summed E-state index contributed by atoms with van der Waals surface area (Å²) < 4.78 is 5.44. The lowest BCUT2D eigenvalue weighted by Gasteiger charge is -2.38. The Morgan fingerprint density at radius 1 is 1.16 bits per heavy atom. The Morgan fingerprint density at radius 2 is 1.84 bits per heavy atom. The fraction of sp³-hybridized carbons (Fsp3) is 0.476. The topological polar surface area (TPSA) is 55.6 Å². The standard InChI is InChI=1S/C21H28N2O2/c1-16(2)21(20(22)24,10-11-23-12-14-25-15-13-23)19-9-5-7-17-6-3-4-8-18(17)19/h3-9,16H,10-15H2,1-2H3,(H2,22,24). The summed E-state index contributed by atoms with van der Waals surface area (Å²) >= 11 is 0. The zero-order chi connectivity index (χ0) is 17.9. The summed E-state index contributed by atoms with van der Waals surface area (Å²) in [6.07, 6.45) is 0.730. The smallest absolute Gasteiger partial charge is 0.228 e. The maximum Gasteiger partial charge on any atom is 0.228 e. The molecule has 2 aromatic carbocycles. The van der Waals surface area contributed by atoms with Crippen molar-refractivity contribution in [2.24, 2.45) is 11.7 Å². The fourth-order valence-corrected chi connectivity index (χ4v) is 4.05. The molecular formula is C21H28N2O2. The largest absolute Gasteiger partial charge is 0.379 e. The molecule has 1 atom stereocenters. The first-order chi connectivity index (χ1) is 12.1. The first-order valence-electron chi connectivity index (χ1n) is 9.14. The molecule has 2 aromatic rings. The molecular weight excluding hydrogens is 312 g/mol. The van der Waals surface area contributed by atoms with Crippen LogP contribution in [0.4, 0.5) is 0 Å².